The van der Waals surface area contributed by atoms with Gasteiger partial charge in [0.15, 0.2) is 0 Å². The smallest absolute Gasteiger partial charge is 0.321 e. The number of hydrogen-bond acceptors (Lipinski definition) is 3. The number of aliphatic carboxylic acids is 1. The quantitative estimate of drug-likeness (QED) is 0.161. The number of aromatic hydroxyl groups is 1. The van der Waals surface area contributed by atoms with Crippen LogP contribution in [0.3, 0.4) is 0 Å². The summed E-state index contributed by atoms with van der Waals surface area (Å²) in [6.45, 7) is 3.02. The molecule has 0 amide bonds. The fourth-order valence-corrected chi connectivity index (χ4v) is 4.06. The number of hydrogen-bond donors (Lipinski definition) is 3. The molecule has 0 spiro atoms. The zero-order valence-corrected chi connectivity index (χ0v) is 21.1. The molecular weight excluding hydrogens is 422 g/mol. The van der Waals surface area contributed by atoms with Gasteiger partial charge in [-0.15, -0.1) is 12.4 Å². The van der Waals surface area contributed by atoms with Gasteiger partial charge in [0, 0.05) is 0 Å². The van der Waals surface area contributed by atoms with Crippen LogP contribution < -0.4 is 5.32 Å². The number of halogens is 1. The van der Waals surface area contributed by atoms with Crippen molar-refractivity contribution >= 4 is 18.4 Å². The van der Waals surface area contributed by atoms with E-state index in [2.05, 4.69) is 12.2 Å². The van der Waals surface area contributed by atoms with E-state index in [4.69, 9.17) is 0 Å². The van der Waals surface area contributed by atoms with Crippen molar-refractivity contribution in [3.63, 3.8) is 0 Å². The average molecular weight is 470 g/mol. The van der Waals surface area contributed by atoms with Gasteiger partial charge in [-0.1, -0.05) is 115 Å². The van der Waals surface area contributed by atoms with Crippen molar-refractivity contribution in [3.05, 3.63) is 29.8 Å². The summed E-state index contributed by atoms with van der Waals surface area (Å²) in [6, 6.07) is 6.19. The molecule has 4 nitrogen and oxygen atoms in total. The second-order valence-electron chi connectivity index (χ2n) is 9.02. The SMILES string of the molecule is CCCCCCCCCCCCCCCCCCNC(Cc1ccc(O)cc1)C(=O)O.Cl. The Balaban J connectivity index is 0.00000961. The maximum Gasteiger partial charge on any atom is 0.321 e. The Labute approximate surface area is 203 Å². The molecule has 32 heavy (non-hydrogen) atoms. The van der Waals surface area contributed by atoms with Gasteiger partial charge in [-0.3, -0.25) is 4.79 Å². The molecule has 0 saturated carbocycles. The van der Waals surface area contributed by atoms with E-state index in [0.29, 0.717) is 6.42 Å². The van der Waals surface area contributed by atoms with Crippen LogP contribution >= 0.6 is 12.4 Å². The first-order valence-electron chi connectivity index (χ1n) is 12.9. The van der Waals surface area contributed by atoms with E-state index in [1.54, 1.807) is 24.3 Å². The van der Waals surface area contributed by atoms with E-state index in [1.807, 2.05) is 0 Å². The number of benzene rings is 1. The predicted octanol–water partition coefficient (Wildman–Crippen LogP) is 7.66. The maximum atomic E-state index is 11.5. The first-order chi connectivity index (χ1) is 15.1. The Morgan fingerprint density at radius 2 is 1.16 bits per heavy atom. The van der Waals surface area contributed by atoms with Gasteiger partial charge in [0.2, 0.25) is 0 Å². The molecule has 1 rings (SSSR count). The molecule has 5 heteroatoms. The Hall–Kier alpha value is -1.26. The molecule has 186 valence electrons. The lowest BCUT2D eigenvalue weighted by Crippen LogP contribution is -2.39. The van der Waals surface area contributed by atoms with Crippen LogP contribution in [0.1, 0.15) is 115 Å². The lowest BCUT2D eigenvalue weighted by atomic mass is 10.0. The van der Waals surface area contributed by atoms with E-state index >= 15 is 0 Å². The highest BCUT2D eigenvalue weighted by atomic mass is 35.5. The Morgan fingerprint density at radius 3 is 1.56 bits per heavy atom. The van der Waals surface area contributed by atoms with Crippen LogP contribution in [0, 0.1) is 0 Å². The molecule has 0 bridgehead atoms. The largest absolute Gasteiger partial charge is 0.508 e. The van der Waals surface area contributed by atoms with E-state index in [1.165, 1.54) is 89.9 Å². The zero-order valence-electron chi connectivity index (χ0n) is 20.3. The number of carboxylic acids is 1. The molecule has 0 aliphatic carbocycles. The minimum absolute atomic E-state index is 0. The van der Waals surface area contributed by atoms with Crippen molar-refractivity contribution in [1.82, 2.24) is 5.32 Å². The lowest BCUT2D eigenvalue weighted by Gasteiger charge is -2.14. The summed E-state index contributed by atoms with van der Waals surface area (Å²) in [4.78, 5) is 11.5. The second-order valence-corrected chi connectivity index (χ2v) is 9.02. The minimum atomic E-state index is -0.815. The molecule has 0 saturated heterocycles. The van der Waals surface area contributed by atoms with Gasteiger partial charge < -0.3 is 15.5 Å². The van der Waals surface area contributed by atoms with Crippen LogP contribution in [0.15, 0.2) is 24.3 Å². The molecular formula is C27H48ClNO3. The highest BCUT2D eigenvalue weighted by molar-refractivity contribution is 5.85. The average Bonchev–Trinajstić information content (AvgIpc) is 2.76. The lowest BCUT2D eigenvalue weighted by molar-refractivity contribution is -0.139. The Bertz CT molecular complexity index is 550. The fraction of sp³-hybridized carbons (Fsp3) is 0.741. The van der Waals surface area contributed by atoms with Crippen molar-refractivity contribution in [2.24, 2.45) is 0 Å². The summed E-state index contributed by atoms with van der Waals surface area (Å²) in [5, 5.41) is 21.9. The topological polar surface area (TPSA) is 69.6 Å². The van der Waals surface area contributed by atoms with Crippen LogP contribution in [0.5, 0.6) is 5.75 Å². The number of nitrogens with one attached hydrogen (secondary N) is 1. The monoisotopic (exact) mass is 469 g/mol. The number of rotatable bonds is 21. The van der Waals surface area contributed by atoms with Crippen LogP contribution in [0.4, 0.5) is 0 Å². The molecule has 0 radical (unpaired) electrons. The number of carbonyl (C=O) groups is 1. The highest BCUT2D eigenvalue weighted by Crippen LogP contribution is 2.14. The van der Waals surface area contributed by atoms with Crippen LogP contribution in [0.2, 0.25) is 0 Å². The molecule has 1 unspecified atom stereocenters. The molecule has 0 aliphatic rings. The third kappa shape index (κ3) is 17.3. The van der Waals surface area contributed by atoms with Gasteiger partial charge in [0.25, 0.3) is 0 Å². The van der Waals surface area contributed by atoms with Crippen molar-refractivity contribution in [3.8, 4) is 5.75 Å². The Morgan fingerprint density at radius 1 is 0.750 bits per heavy atom. The fourth-order valence-electron chi connectivity index (χ4n) is 4.06. The van der Waals surface area contributed by atoms with Crippen molar-refractivity contribution in [2.75, 3.05) is 6.54 Å². The van der Waals surface area contributed by atoms with E-state index in [-0.39, 0.29) is 18.2 Å². The third-order valence-corrected chi connectivity index (χ3v) is 6.10. The molecule has 0 aromatic heterocycles. The molecule has 0 heterocycles. The van der Waals surface area contributed by atoms with E-state index in [9.17, 15) is 15.0 Å². The van der Waals surface area contributed by atoms with E-state index in [0.717, 1.165) is 24.9 Å². The van der Waals surface area contributed by atoms with Crippen molar-refractivity contribution < 1.29 is 15.0 Å². The highest BCUT2D eigenvalue weighted by Gasteiger charge is 2.16. The van der Waals surface area contributed by atoms with Gasteiger partial charge in [-0.05, 0) is 37.1 Å². The number of carboxylic acid groups (broad SMARTS) is 1. The van der Waals surface area contributed by atoms with Gasteiger partial charge in [-0.2, -0.15) is 0 Å². The number of unbranched alkanes of at least 4 members (excludes halogenated alkanes) is 15. The summed E-state index contributed by atoms with van der Waals surface area (Å²) in [5.41, 5.74) is 0.921. The number of phenols is 1. The summed E-state index contributed by atoms with van der Waals surface area (Å²) in [7, 11) is 0. The summed E-state index contributed by atoms with van der Waals surface area (Å²) in [5.74, 6) is -0.610. The summed E-state index contributed by atoms with van der Waals surface area (Å²) >= 11 is 0. The molecule has 0 aliphatic heterocycles. The standard InChI is InChI=1S/C27H47NO3.ClH/c1-2-3-4-5-6-7-8-9-10-11-12-13-14-15-16-17-22-28-26(27(30)31)23-24-18-20-25(29)21-19-24;/h18-21,26,28-29H,2-17,22-23H2,1H3,(H,30,31);1H. The van der Waals surface area contributed by atoms with Crippen LogP contribution in [-0.2, 0) is 11.2 Å². The van der Waals surface area contributed by atoms with Crippen LogP contribution in [-0.4, -0.2) is 28.8 Å². The van der Waals surface area contributed by atoms with E-state index < -0.39 is 12.0 Å². The first kappa shape index (κ1) is 30.7. The maximum absolute atomic E-state index is 11.5. The third-order valence-electron chi connectivity index (χ3n) is 6.10. The van der Waals surface area contributed by atoms with Gasteiger partial charge in [0.05, 0.1) is 0 Å². The summed E-state index contributed by atoms with van der Waals surface area (Å²) in [6.07, 6.45) is 21.9. The molecule has 3 N–H and O–H groups in total. The normalized spacial score (nSPS) is 11.8. The van der Waals surface area contributed by atoms with Gasteiger partial charge in [0.1, 0.15) is 11.8 Å². The minimum Gasteiger partial charge on any atom is -0.508 e. The molecule has 1 aromatic rings. The van der Waals surface area contributed by atoms with Gasteiger partial charge in [-0.25, -0.2) is 0 Å². The summed E-state index contributed by atoms with van der Waals surface area (Å²) < 4.78 is 0. The van der Waals surface area contributed by atoms with Crippen molar-refractivity contribution in [1.29, 1.82) is 0 Å². The first-order valence-corrected chi connectivity index (χ1v) is 12.9. The predicted molar refractivity (Wildman–Crippen MR) is 138 cm³/mol. The molecule has 1 atom stereocenters. The second kappa shape index (κ2) is 21.6. The van der Waals surface area contributed by atoms with Crippen LogP contribution in [0.25, 0.3) is 0 Å². The Kier molecular flexibility index (Phi) is 20.7. The van der Waals surface area contributed by atoms with Crippen molar-refractivity contribution in [2.45, 2.75) is 122 Å². The molecule has 0 fully saturated rings. The molecule has 1 aromatic carbocycles. The zero-order chi connectivity index (χ0) is 22.6. The van der Waals surface area contributed by atoms with Gasteiger partial charge >= 0.3 is 5.97 Å². The number of phenolic OH excluding ortho intramolecular Hbond substituents is 1.